The molecule has 0 radical (unpaired) electrons. The Morgan fingerprint density at radius 1 is 1.33 bits per heavy atom. The molecule has 0 atom stereocenters. The van der Waals surface area contributed by atoms with Gasteiger partial charge in [0, 0.05) is 8.80 Å². The zero-order valence-electron chi connectivity index (χ0n) is 9.02. The van der Waals surface area contributed by atoms with Crippen molar-refractivity contribution in [3.05, 3.63) is 0 Å². The van der Waals surface area contributed by atoms with Crippen molar-refractivity contribution in [1.29, 1.82) is 0 Å². The van der Waals surface area contributed by atoms with Crippen LogP contribution in [0.15, 0.2) is 0 Å². The Morgan fingerprint density at radius 3 is 2.08 bits per heavy atom. The molecule has 0 aromatic rings. The molecule has 12 heavy (non-hydrogen) atoms. The van der Waals surface area contributed by atoms with E-state index in [-0.39, 0.29) is 0 Å². The highest BCUT2D eigenvalue weighted by atomic mass is 28.3. The number of hydrogen-bond acceptors (Lipinski definition) is 1. The zero-order valence-corrected chi connectivity index (χ0v) is 11.2. The predicted molar refractivity (Wildman–Crippen MR) is 62.6 cm³/mol. The summed E-state index contributed by atoms with van der Waals surface area (Å²) in [5.74, 6) is 2.76. The Bertz CT molecular complexity index is 164. The third kappa shape index (κ3) is 4.76. The average Bonchev–Trinajstić information content (AvgIpc) is 1.83. The van der Waals surface area contributed by atoms with Crippen molar-refractivity contribution >= 4 is 17.0 Å². The minimum absolute atomic E-state index is 0.495. The van der Waals surface area contributed by atoms with E-state index in [2.05, 4.69) is 43.2 Å². The van der Waals surface area contributed by atoms with E-state index in [4.69, 9.17) is 6.42 Å². The number of hydrogen-bond donors (Lipinski definition) is 0. The molecule has 0 aliphatic heterocycles. The van der Waals surface area contributed by atoms with Gasteiger partial charge in [-0.3, -0.25) is 0 Å². The van der Waals surface area contributed by atoms with Crippen LogP contribution in [0, 0.1) is 12.3 Å². The van der Waals surface area contributed by atoms with Crippen LogP contribution < -0.4 is 0 Å². The van der Waals surface area contributed by atoms with Crippen LogP contribution >= 0.6 is 0 Å². The first-order chi connectivity index (χ1) is 5.38. The van der Waals surface area contributed by atoms with Gasteiger partial charge >= 0.3 is 0 Å². The molecule has 0 aliphatic rings. The third-order valence-corrected chi connectivity index (χ3v) is 5.59. The third-order valence-electron chi connectivity index (χ3n) is 1.82. The molecule has 70 valence electrons. The normalized spacial score (nSPS) is 12.2. The molecule has 0 spiro atoms. The predicted octanol–water partition coefficient (Wildman–Crippen LogP) is 1.78. The molecule has 0 N–H and O–H groups in total. The van der Waals surface area contributed by atoms with Crippen molar-refractivity contribution in [2.45, 2.75) is 32.7 Å². The second-order valence-corrected chi connectivity index (χ2v) is 12.8. The highest BCUT2D eigenvalue weighted by Gasteiger charge is 2.23. The van der Waals surface area contributed by atoms with Crippen LogP contribution in [0.2, 0.25) is 32.7 Å². The molecule has 0 aliphatic carbocycles. The fourth-order valence-electron chi connectivity index (χ4n) is 1.13. The van der Waals surface area contributed by atoms with E-state index in [0.717, 1.165) is 6.54 Å². The lowest BCUT2D eigenvalue weighted by molar-refractivity contribution is 0.545. The Labute approximate surface area is 79.9 Å². The molecule has 0 bridgehead atoms. The summed E-state index contributed by atoms with van der Waals surface area (Å²) >= 11 is 0. The first-order valence-electron chi connectivity index (χ1n) is 4.56. The highest BCUT2D eigenvalue weighted by Crippen LogP contribution is 2.08. The molecule has 0 saturated heterocycles. The Morgan fingerprint density at radius 2 is 1.83 bits per heavy atom. The van der Waals surface area contributed by atoms with Crippen molar-refractivity contribution in [1.82, 2.24) is 4.57 Å². The lowest BCUT2D eigenvalue weighted by Gasteiger charge is -2.33. The fraction of sp³-hybridized carbons (Fsp3) is 0.778. The summed E-state index contributed by atoms with van der Waals surface area (Å²) in [5.41, 5.74) is 0. The van der Waals surface area contributed by atoms with E-state index < -0.39 is 17.0 Å². The maximum Gasteiger partial charge on any atom is 0.119 e. The van der Waals surface area contributed by atoms with E-state index >= 15 is 0 Å². The van der Waals surface area contributed by atoms with Crippen LogP contribution in [0.4, 0.5) is 0 Å². The average molecular weight is 199 g/mol. The highest BCUT2D eigenvalue weighted by molar-refractivity contribution is 6.74. The molecule has 0 heterocycles. The standard InChI is InChI=1S/C9H21NSi2/c1-7-8-10(9-11(2)3)12(4,5)6/h1,11H,8-9H2,2-6H3. The van der Waals surface area contributed by atoms with Crippen molar-refractivity contribution < 1.29 is 0 Å². The SMILES string of the molecule is C#CCN(C[SiH](C)C)[Si](C)(C)C. The molecule has 0 aromatic carbocycles. The first kappa shape index (κ1) is 12.0. The van der Waals surface area contributed by atoms with Gasteiger partial charge in [0.05, 0.1) is 6.54 Å². The van der Waals surface area contributed by atoms with Crippen molar-refractivity contribution in [3.8, 4) is 12.3 Å². The quantitative estimate of drug-likeness (QED) is 0.493. The van der Waals surface area contributed by atoms with E-state index in [1.165, 1.54) is 6.17 Å². The topological polar surface area (TPSA) is 3.24 Å². The van der Waals surface area contributed by atoms with Gasteiger partial charge in [-0.2, -0.15) is 0 Å². The second-order valence-electron chi connectivity index (χ2n) is 4.65. The van der Waals surface area contributed by atoms with Crippen molar-refractivity contribution in [2.24, 2.45) is 0 Å². The van der Waals surface area contributed by atoms with E-state index in [1.54, 1.807) is 0 Å². The largest absolute Gasteiger partial charge is 0.317 e. The minimum atomic E-state index is -1.14. The number of rotatable bonds is 4. The van der Waals surface area contributed by atoms with Gasteiger partial charge in [0.15, 0.2) is 0 Å². The molecule has 3 heteroatoms. The summed E-state index contributed by atoms with van der Waals surface area (Å²) in [6, 6.07) is 0. The van der Waals surface area contributed by atoms with E-state index in [9.17, 15) is 0 Å². The van der Waals surface area contributed by atoms with Crippen LogP contribution in [0.25, 0.3) is 0 Å². The number of nitrogens with zero attached hydrogens (tertiary/aromatic N) is 1. The smallest absolute Gasteiger partial charge is 0.119 e. The van der Waals surface area contributed by atoms with Gasteiger partial charge in [-0.15, -0.1) is 6.42 Å². The summed E-state index contributed by atoms with van der Waals surface area (Å²) in [6.07, 6.45) is 6.63. The molecule has 0 fully saturated rings. The summed E-state index contributed by atoms with van der Waals surface area (Å²) in [7, 11) is -1.64. The molecule has 1 nitrogen and oxygen atoms in total. The van der Waals surface area contributed by atoms with Crippen LogP contribution in [0.1, 0.15) is 0 Å². The van der Waals surface area contributed by atoms with Crippen LogP contribution in [-0.2, 0) is 0 Å². The fourth-order valence-corrected chi connectivity index (χ4v) is 5.99. The molecular formula is C9H21NSi2. The van der Waals surface area contributed by atoms with Crippen molar-refractivity contribution in [3.63, 3.8) is 0 Å². The lowest BCUT2D eigenvalue weighted by Crippen LogP contribution is -2.49. The summed E-state index contributed by atoms with van der Waals surface area (Å²) in [4.78, 5) is 0. The lowest BCUT2D eigenvalue weighted by atomic mass is 10.7. The molecule has 0 saturated carbocycles. The molecule has 0 amide bonds. The molecule has 0 unspecified atom stereocenters. The minimum Gasteiger partial charge on any atom is -0.317 e. The molecule has 0 rings (SSSR count). The van der Waals surface area contributed by atoms with Crippen LogP contribution in [0.3, 0.4) is 0 Å². The molecular weight excluding hydrogens is 178 g/mol. The monoisotopic (exact) mass is 199 g/mol. The Balaban J connectivity index is 4.16. The zero-order chi connectivity index (χ0) is 9.78. The van der Waals surface area contributed by atoms with Gasteiger partial charge < -0.3 is 4.57 Å². The van der Waals surface area contributed by atoms with Crippen molar-refractivity contribution in [2.75, 3.05) is 12.7 Å². The number of terminal acetylenes is 1. The Kier molecular flexibility index (Phi) is 4.83. The first-order valence-corrected chi connectivity index (χ1v) is 11.1. The van der Waals surface area contributed by atoms with Crippen LogP contribution in [-0.4, -0.2) is 34.3 Å². The van der Waals surface area contributed by atoms with Gasteiger partial charge in [-0.05, 0) is 6.17 Å². The summed E-state index contributed by atoms with van der Waals surface area (Å²) < 4.78 is 2.53. The molecule has 0 aromatic heterocycles. The summed E-state index contributed by atoms with van der Waals surface area (Å²) in [6.45, 7) is 12.7. The maximum atomic E-state index is 5.35. The van der Waals surface area contributed by atoms with Crippen LogP contribution in [0.5, 0.6) is 0 Å². The Hall–Kier alpha value is -0.0462. The van der Waals surface area contributed by atoms with Gasteiger partial charge in [-0.25, -0.2) is 0 Å². The maximum absolute atomic E-state index is 5.35. The van der Waals surface area contributed by atoms with E-state index in [1.807, 2.05) is 0 Å². The summed E-state index contributed by atoms with van der Waals surface area (Å²) in [5, 5.41) is 0. The van der Waals surface area contributed by atoms with Gasteiger partial charge in [0.25, 0.3) is 0 Å². The van der Waals surface area contributed by atoms with Gasteiger partial charge in [0.2, 0.25) is 0 Å². The second kappa shape index (κ2) is 4.85. The van der Waals surface area contributed by atoms with Gasteiger partial charge in [-0.1, -0.05) is 38.7 Å². The van der Waals surface area contributed by atoms with E-state index in [0.29, 0.717) is 0 Å². The van der Waals surface area contributed by atoms with Gasteiger partial charge in [0.1, 0.15) is 8.24 Å².